The number of benzene rings is 2. The molecule has 5 aromatic rings. The summed E-state index contributed by atoms with van der Waals surface area (Å²) in [6.07, 6.45) is 11.7. The zero-order valence-electron chi connectivity index (χ0n) is 24.2. The Hall–Kier alpha value is -3.97. The molecule has 1 saturated carbocycles. The summed E-state index contributed by atoms with van der Waals surface area (Å²) in [6.45, 7) is 7.09. The monoisotopic (exact) mass is 551 g/mol. The van der Waals surface area contributed by atoms with Gasteiger partial charge in [-0.3, -0.25) is 14.3 Å². The van der Waals surface area contributed by atoms with Gasteiger partial charge in [0.1, 0.15) is 17.2 Å². The molecule has 0 spiro atoms. The van der Waals surface area contributed by atoms with E-state index in [1.807, 2.05) is 62.1 Å². The molecule has 0 atom stereocenters. The van der Waals surface area contributed by atoms with E-state index < -0.39 is 0 Å². The molecule has 0 radical (unpaired) electrons. The highest BCUT2D eigenvalue weighted by molar-refractivity contribution is 5.85. The number of hydrogen-bond acceptors (Lipinski definition) is 3. The second kappa shape index (κ2) is 11.5. The summed E-state index contributed by atoms with van der Waals surface area (Å²) in [5, 5.41) is 1.07. The number of pyridine rings is 1. The van der Waals surface area contributed by atoms with Crippen LogP contribution in [0.1, 0.15) is 63.1 Å². The topological polar surface area (TPSA) is 58.9 Å². The Morgan fingerprint density at radius 3 is 2.54 bits per heavy atom. The molecule has 0 bridgehead atoms. The molecule has 1 aliphatic carbocycles. The molecule has 1 saturated heterocycles. The predicted octanol–water partition coefficient (Wildman–Crippen LogP) is 7.41. The summed E-state index contributed by atoms with van der Waals surface area (Å²) < 4.78 is 18.0. The first-order chi connectivity index (χ1) is 20.0. The van der Waals surface area contributed by atoms with Gasteiger partial charge in [0.05, 0.1) is 0 Å². The molecule has 1 aliphatic heterocycles. The van der Waals surface area contributed by atoms with Crippen molar-refractivity contribution in [2.75, 3.05) is 13.1 Å². The number of nitrogens with one attached hydrogen (secondary N) is 1. The fraction of sp³-hybridized carbons (Fsp3) is 0.353. The lowest BCUT2D eigenvalue weighted by Crippen LogP contribution is -2.29. The third-order valence-corrected chi connectivity index (χ3v) is 8.22. The van der Waals surface area contributed by atoms with E-state index in [-0.39, 0.29) is 11.4 Å². The number of nitrogens with zero attached hydrogens (tertiary/aromatic N) is 4. The maximum atomic E-state index is 14.3. The molecular formula is C34H38FN5O. The number of imidazole rings is 1. The SMILES string of the molecule is CC.Cn1ccnc1-c1cc(F)ccc1-c1cccc(-n2cc(C3CC3)c3cc(CN4CCCCC4)[nH]c3c2=O)c1. The minimum absolute atomic E-state index is 0.0418. The number of fused-ring (bicyclic) bond motifs is 1. The standard InChI is InChI=1S/C32H32FN5O.C2H6/c1-36-15-12-34-31(36)28-17-23(33)10-11-26(28)22-6-5-7-25(16-22)38-20-29(21-8-9-21)27-18-24(35-30(27)32(38)39)19-37-13-3-2-4-14-37;1-2/h5-7,10-12,15-18,20-21,35H,2-4,8-9,13-14,19H2,1H3;1-2H3. The van der Waals surface area contributed by atoms with Crippen LogP contribution in [0.2, 0.25) is 0 Å². The van der Waals surface area contributed by atoms with Crippen LogP contribution in [0.4, 0.5) is 4.39 Å². The minimum Gasteiger partial charge on any atom is -0.353 e. The predicted molar refractivity (Wildman–Crippen MR) is 164 cm³/mol. The van der Waals surface area contributed by atoms with Crippen LogP contribution in [0.5, 0.6) is 0 Å². The summed E-state index contributed by atoms with van der Waals surface area (Å²) in [4.78, 5) is 24.3. The number of piperidine rings is 1. The summed E-state index contributed by atoms with van der Waals surface area (Å²) in [5.74, 6) is 0.876. The second-order valence-electron chi connectivity index (χ2n) is 11.1. The Morgan fingerprint density at radius 1 is 1.00 bits per heavy atom. The molecule has 2 aromatic carbocycles. The molecule has 7 rings (SSSR count). The first-order valence-electron chi connectivity index (χ1n) is 14.9. The molecule has 3 aromatic heterocycles. The lowest BCUT2D eigenvalue weighted by Gasteiger charge is -2.25. The van der Waals surface area contributed by atoms with Gasteiger partial charge in [-0.05, 0) is 91.7 Å². The molecule has 1 N–H and O–H groups in total. The summed E-state index contributed by atoms with van der Waals surface area (Å²) in [6, 6.07) is 14.9. The number of hydrogen-bond donors (Lipinski definition) is 1. The van der Waals surface area contributed by atoms with E-state index in [0.29, 0.717) is 22.8 Å². The van der Waals surface area contributed by atoms with Crippen LogP contribution in [-0.2, 0) is 13.6 Å². The van der Waals surface area contributed by atoms with Gasteiger partial charge in [-0.1, -0.05) is 38.5 Å². The van der Waals surface area contributed by atoms with Crippen molar-refractivity contribution in [1.82, 2.24) is 24.0 Å². The Labute approximate surface area is 240 Å². The largest absolute Gasteiger partial charge is 0.353 e. The van der Waals surface area contributed by atoms with Crippen LogP contribution in [0.25, 0.3) is 39.1 Å². The molecule has 6 nitrogen and oxygen atoms in total. The van der Waals surface area contributed by atoms with Crippen LogP contribution in [-0.4, -0.2) is 37.1 Å². The number of halogens is 1. The van der Waals surface area contributed by atoms with E-state index in [0.717, 1.165) is 60.4 Å². The zero-order chi connectivity index (χ0) is 28.5. The van der Waals surface area contributed by atoms with Gasteiger partial charge in [-0.15, -0.1) is 0 Å². The first-order valence-corrected chi connectivity index (χ1v) is 14.9. The van der Waals surface area contributed by atoms with Crippen molar-refractivity contribution >= 4 is 10.9 Å². The fourth-order valence-electron chi connectivity index (χ4n) is 6.05. The Kier molecular flexibility index (Phi) is 7.63. The Morgan fingerprint density at radius 2 is 1.80 bits per heavy atom. The van der Waals surface area contributed by atoms with Crippen molar-refractivity contribution in [1.29, 1.82) is 0 Å². The van der Waals surface area contributed by atoms with Gasteiger partial charge in [0.15, 0.2) is 0 Å². The number of rotatable bonds is 6. The average molecular weight is 552 g/mol. The lowest BCUT2D eigenvalue weighted by molar-refractivity contribution is 0.219. The van der Waals surface area contributed by atoms with Crippen LogP contribution in [0, 0.1) is 5.82 Å². The van der Waals surface area contributed by atoms with Crippen LogP contribution >= 0.6 is 0 Å². The first kappa shape index (κ1) is 27.2. The van der Waals surface area contributed by atoms with Crippen molar-refractivity contribution in [2.45, 2.75) is 58.4 Å². The molecule has 0 unspecified atom stereocenters. The Bertz CT molecular complexity index is 1740. The van der Waals surface area contributed by atoms with Crippen molar-refractivity contribution in [3.05, 3.63) is 94.5 Å². The summed E-state index contributed by atoms with van der Waals surface area (Å²) in [5.41, 5.74) is 6.29. The molecule has 2 aliphatic rings. The third kappa shape index (κ3) is 5.38. The van der Waals surface area contributed by atoms with Gasteiger partial charge in [0.2, 0.25) is 0 Å². The van der Waals surface area contributed by atoms with Crippen molar-refractivity contribution < 1.29 is 4.39 Å². The van der Waals surface area contributed by atoms with Gasteiger partial charge in [-0.2, -0.15) is 0 Å². The van der Waals surface area contributed by atoms with Crippen molar-refractivity contribution in [3.63, 3.8) is 0 Å². The molecule has 212 valence electrons. The van der Waals surface area contributed by atoms with Gasteiger partial charge in [0.25, 0.3) is 5.56 Å². The normalized spacial score (nSPS) is 15.6. The third-order valence-electron chi connectivity index (χ3n) is 8.22. The van der Waals surface area contributed by atoms with E-state index in [2.05, 4.69) is 20.9 Å². The quantitative estimate of drug-likeness (QED) is 0.239. The van der Waals surface area contributed by atoms with Gasteiger partial charge in [0, 0.05) is 54.5 Å². The number of aryl methyl sites for hydroxylation is 1. The van der Waals surface area contributed by atoms with E-state index in [4.69, 9.17) is 0 Å². The molecular weight excluding hydrogens is 513 g/mol. The van der Waals surface area contributed by atoms with E-state index in [1.165, 1.54) is 37.0 Å². The molecule has 7 heteroatoms. The molecule has 41 heavy (non-hydrogen) atoms. The second-order valence-corrected chi connectivity index (χ2v) is 11.1. The number of aromatic nitrogens is 4. The van der Waals surface area contributed by atoms with Crippen molar-refractivity contribution in [2.24, 2.45) is 7.05 Å². The highest BCUT2D eigenvalue weighted by atomic mass is 19.1. The highest BCUT2D eigenvalue weighted by Crippen LogP contribution is 2.43. The number of aromatic amines is 1. The van der Waals surface area contributed by atoms with Gasteiger partial charge in [-0.25, -0.2) is 9.37 Å². The molecule has 2 fully saturated rings. The van der Waals surface area contributed by atoms with Crippen LogP contribution < -0.4 is 5.56 Å². The summed E-state index contributed by atoms with van der Waals surface area (Å²) in [7, 11) is 1.90. The number of H-pyrrole nitrogens is 1. The van der Waals surface area contributed by atoms with E-state index in [9.17, 15) is 9.18 Å². The summed E-state index contributed by atoms with van der Waals surface area (Å²) >= 11 is 0. The smallest absolute Gasteiger partial charge is 0.279 e. The van der Waals surface area contributed by atoms with E-state index in [1.54, 1.807) is 16.8 Å². The fourth-order valence-corrected chi connectivity index (χ4v) is 6.05. The number of likely N-dealkylation sites (tertiary alicyclic amines) is 1. The average Bonchev–Trinajstić information content (AvgIpc) is 3.61. The highest BCUT2D eigenvalue weighted by Gasteiger charge is 2.28. The van der Waals surface area contributed by atoms with Crippen LogP contribution in [0.15, 0.2) is 71.9 Å². The Balaban J connectivity index is 0.00000148. The minimum atomic E-state index is -0.309. The van der Waals surface area contributed by atoms with E-state index >= 15 is 0 Å². The van der Waals surface area contributed by atoms with Gasteiger partial charge >= 0.3 is 0 Å². The van der Waals surface area contributed by atoms with Gasteiger partial charge < -0.3 is 9.55 Å². The maximum absolute atomic E-state index is 14.3. The van der Waals surface area contributed by atoms with Crippen molar-refractivity contribution in [3.8, 4) is 28.2 Å². The molecule has 0 amide bonds. The molecule has 4 heterocycles. The zero-order valence-corrected chi connectivity index (χ0v) is 24.2. The lowest BCUT2D eigenvalue weighted by atomic mass is 9.98. The van der Waals surface area contributed by atoms with Crippen LogP contribution in [0.3, 0.4) is 0 Å². The maximum Gasteiger partial charge on any atom is 0.279 e.